The maximum Gasteiger partial charge on any atom is 0.0449 e. The van der Waals surface area contributed by atoms with Crippen LogP contribution in [0, 0.1) is 6.92 Å². The molecule has 2 aliphatic rings. The topological polar surface area (TPSA) is 3.24 Å². The summed E-state index contributed by atoms with van der Waals surface area (Å²) in [5, 5.41) is 0. The fourth-order valence-corrected chi connectivity index (χ4v) is 3.85. The van der Waals surface area contributed by atoms with Crippen molar-refractivity contribution in [2.45, 2.75) is 38.1 Å². The van der Waals surface area contributed by atoms with Gasteiger partial charge in [0.05, 0.1) is 0 Å². The monoisotopic (exact) mass is 249 g/mol. The van der Waals surface area contributed by atoms with Gasteiger partial charge >= 0.3 is 0 Å². The Morgan fingerprint density at radius 1 is 0.947 bits per heavy atom. The first-order valence-corrected chi connectivity index (χ1v) is 7.29. The number of hydrogen-bond acceptors (Lipinski definition) is 1. The van der Waals surface area contributed by atoms with Crippen LogP contribution in [0.15, 0.2) is 48.5 Å². The molecule has 0 amide bonds. The molecule has 4 rings (SSSR count). The molecule has 1 saturated carbocycles. The number of benzene rings is 2. The molecule has 0 spiro atoms. The number of aryl methyl sites for hydroxylation is 1. The van der Waals surface area contributed by atoms with Gasteiger partial charge in [0.2, 0.25) is 0 Å². The zero-order chi connectivity index (χ0) is 12.8. The second-order valence-electron chi connectivity index (χ2n) is 5.87. The lowest BCUT2D eigenvalue weighted by atomic mass is 9.98. The minimum absolute atomic E-state index is 0.681. The largest absolute Gasteiger partial charge is 0.338 e. The number of rotatable bonds is 1. The highest BCUT2D eigenvalue weighted by Crippen LogP contribution is 2.51. The van der Waals surface area contributed by atoms with Crippen LogP contribution in [-0.4, -0.2) is 6.04 Å². The minimum Gasteiger partial charge on any atom is -0.338 e. The van der Waals surface area contributed by atoms with Crippen molar-refractivity contribution in [3.8, 4) is 0 Å². The van der Waals surface area contributed by atoms with E-state index in [9.17, 15) is 0 Å². The summed E-state index contributed by atoms with van der Waals surface area (Å²) in [6, 6.07) is 18.6. The first-order valence-electron chi connectivity index (χ1n) is 7.29. The van der Waals surface area contributed by atoms with Crippen LogP contribution >= 0.6 is 0 Å². The number of hydrogen-bond donors (Lipinski definition) is 0. The second-order valence-corrected chi connectivity index (χ2v) is 5.87. The lowest BCUT2D eigenvalue weighted by molar-refractivity contribution is 0.642. The Bertz CT molecular complexity index is 599. The fraction of sp³-hybridized carbons (Fsp3) is 0.333. The standard InChI is InChI=1S/C18H19N/c1-13-9-11-14(12-10-13)19-17-7-3-2-5-15(17)16-6-4-8-18(16)19/h2-3,5,7,9-12,16,18H,4,6,8H2,1H3/t16-,18-/m0/s1. The zero-order valence-electron chi connectivity index (χ0n) is 11.3. The summed E-state index contributed by atoms with van der Waals surface area (Å²) in [5.74, 6) is 0.748. The lowest BCUT2D eigenvalue weighted by Gasteiger charge is -2.27. The van der Waals surface area contributed by atoms with Crippen molar-refractivity contribution in [1.29, 1.82) is 0 Å². The Morgan fingerprint density at radius 3 is 2.58 bits per heavy atom. The maximum absolute atomic E-state index is 2.58. The van der Waals surface area contributed by atoms with E-state index in [-0.39, 0.29) is 0 Å². The summed E-state index contributed by atoms with van der Waals surface area (Å²) in [6.07, 6.45) is 4.04. The molecule has 0 saturated heterocycles. The average Bonchev–Trinajstić information content (AvgIpc) is 3.00. The van der Waals surface area contributed by atoms with Crippen LogP contribution in [0.4, 0.5) is 11.4 Å². The summed E-state index contributed by atoms with van der Waals surface area (Å²) >= 11 is 0. The normalized spacial score (nSPS) is 24.4. The average molecular weight is 249 g/mol. The first-order chi connectivity index (χ1) is 9.34. The molecule has 0 N–H and O–H groups in total. The van der Waals surface area contributed by atoms with Crippen molar-refractivity contribution in [3.63, 3.8) is 0 Å². The number of nitrogens with zero attached hydrogens (tertiary/aromatic N) is 1. The summed E-state index contributed by atoms with van der Waals surface area (Å²) in [5.41, 5.74) is 5.68. The van der Waals surface area contributed by atoms with E-state index >= 15 is 0 Å². The Labute approximate surface area is 114 Å². The molecule has 1 nitrogen and oxygen atoms in total. The van der Waals surface area contributed by atoms with Crippen molar-refractivity contribution < 1.29 is 0 Å². The van der Waals surface area contributed by atoms with Gasteiger partial charge in [0.15, 0.2) is 0 Å². The molecule has 1 aliphatic heterocycles. The van der Waals surface area contributed by atoms with Crippen LogP contribution in [0.5, 0.6) is 0 Å². The van der Waals surface area contributed by atoms with E-state index in [1.165, 1.54) is 36.2 Å². The zero-order valence-corrected chi connectivity index (χ0v) is 11.3. The van der Waals surface area contributed by atoms with E-state index in [4.69, 9.17) is 0 Å². The van der Waals surface area contributed by atoms with Gasteiger partial charge in [0.25, 0.3) is 0 Å². The van der Waals surface area contributed by atoms with Crippen molar-refractivity contribution in [2.24, 2.45) is 0 Å². The Morgan fingerprint density at radius 2 is 1.74 bits per heavy atom. The van der Waals surface area contributed by atoms with E-state index in [0.29, 0.717) is 6.04 Å². The predicted molar refractivity (Wildman–Crippen MR) is 80.1 cm³/mol. The van der Waals surface area contributed by atoms with Gasteiger partial charge < -0.3 is 4.90 Å². The van der Waals surface area contributed by atoms with E-state index in [1.54, 1.807) is 5.56 Å². The molecular formula is C18H19N. The number of fused-ring (bicyclic) bond motifs is 3. The van der Waals surface area contributed by atoms with E-state index in [1.807, 2.05) is 0 Å². The van der Waals surface area contributed by atoms with Gasteiger partial charge in [-0.2, -0.15) is 0 Å². The van der Waals surface area contributed by atoms with Crippen LogP contribution in [0.2, 0.25) is 0 Å². The van der Waals surface area contributed by atoms with Crippen molar-refractivity contribution in [2.75, 3.05) is 4.90 Å². The van der Waals surface area contributed by atoms with Crippen molar-refractivity contribution in [3.05, 3.63) is 59.7 Å². The molecule has 0 aromatic heterocycles. The maximum atomic E-state index is 2.58. The minimum atomic E-state index is 0.681. The quantitative estimate of drug-likeness (QED) is 0.703. The SMILES string of the molecule is Cc1ccc(N2c3ccccc3[C@@H]3CCC[C@@H]32)cc1. The second kappa shape index (κ2) is 4.12. The van der Waals surface area contributed by atoms with Crippen LogP contribution in [0.25, 0.3) is 0 Å². The lowest BCUT2D eigenvalue weighted by Crippen LogP contribution is -2.26. The van der Waals surface area contributed by atoms with Crippen molar-refractivity contribution in [1.82, 2.24) is 0 Å². The third-order valence-corrected chi connectivity index (χ3v) is 4.72. The molecule has 2 aromatic carbocycles. The molecule has 1 heterocycles. The van der Waals surface area contributed by atoms with E-state index < -0.39 is 0 Å². The predicted octanol–water partition coefficient (Wildman–Crippen LogP) is 4.78. The van der Waals surface area contributed by atoms with Crippen LogP contribution in [0.1, 0.15) is 36.3 Å². The third-order valence-electron chi connectivity index (χ3n) is 4.72. The summed E-state index contributed by atoms with van der Waals surface area (Å²) < 4.78 is 0. The van der Waals surface area contributed by atoms with Gasteiger partial charge in [-0.25, -0.2) is 0 Å². The molecule has 0 bridgehead atoms. The molecule has 2 aromatic rings. The Kier molecular flexibility index (Phi) is 2.41. The number of anilines is 2. The van der Waals surface area contributed by atoms with Gasteiger partial charge in [-0.15, -0.1) is 0 Å². The van der Waals surface area contributed by atoms with Gasteiger partial charge in [-0.3, -0.25) is 0 Å². The molecule has 96 valence electrons. The fourth-order valence-electron chi connectivity index (χ4n) is 3.85. The molecule has 1 aliphatic carbocycles. The van der Waals surface area contributed by atoms with Crippen LogP contribution in [-0.2, 0) is 0 Å². The van der Waals surface area contributed by atoms with Gasteiger partial charge in [0.1, 0.15) is 0 Å². The molecular weight excluding hydrogens is 230 g/mol. The molecule has 0 radical (unpaired) electrons. The summed E-state index contributed by atoms with van der Waals surface area (Å²) in [7, 11) is 0. The highest BCUT2D eigenvalue weighted by molar-refractivity contribution is 5.73. The van der Waals surface area contributed by atoms with Gasteiger partial charge in [-0.05, 0) is 43.5 Å². The van der Waals surface area contributed by atoms with E-state index in [2.05, 4.69) is 60.4 Å². The molecule has 1 fully saturated rings. The molecule has 0 unspecified atom stereocenters. The molecule has 2 atom stereocenters. The number of para-hydroxylation sites is 1. The van der Waals surface area contributed by atoms with Crippen LogP contribution in [0.3, 0.4) is 0 Å². The van der Waals surface area contributed by atoms with Crippen LogP contribution < -0.4 is 4.90 Å². The highest BCUT2D eigenvalue weighted by atomic mass is 15.2. The van der Waals surface area contributed by atoms with E-state index in [0.717, 1.165) is 5.92 Å². The summed E-state index contributed by atoms with van der Waals surface area (Å²) in [4.78, 5) is 2.58. The van der Waals surface area contributed by atoms with Gasteiger partial charge in [0, 0.05) is 23.3 Å². The third kappa shape index (κ3) is 1.61. The van der Waals surface area contributed by atoms with Crippen molar-refractivity contribution >= 4 is 11.4 Å². The molecule has 19 heavy (non-hydrogen) atoms. The Hall–Kier alpha value is -1.76. The Balaban J connectivity index is 1.85. The highest BCUT2D eigenvalue weighted by Gasteiger charge is 2.41. The summed E-state index contributed by atoms with van der Waals surface area (Å²) in [6.45, 7) is 2.15. The molecule has 1 heteroatoms. The van der Waals surface area contributed by atoms with Gasteiger partial charge in [-0.1, -0.05) is 42.3 Å². The first kappa shape index (κ1) is 11.1. The smallest absolute Gasteiger partial charge is 0.0449 e.